The zero-order valence-corrected chi connectivity index (χ0v) is 12.7. The van der Waals surface area contributed by atoms with E-state index in [2.05, 4.69) is 0 Å². The van der Waals surface area contributed by atoms with Gasteiger partial charge >= 0.3 is 5.97 Å². The highest BCUT2D eigenvalue weighted by atomic mass is 16.4. The van der Waals surface area contributed by atoms with Gasteiger partial charge < -0.3 is 15.7 Å². The first-order chi connectivity index (χ1) is 9.97. The zero-order valence-electron chi connectivity index (χ0n) is 12.7. The molecule has 5 nitrogen and oxygen atoms in total. The van der Waals surface area contributed by atoms with E-state index < -0.39 is 5.97 Å². The molecule has 1 rings (SSSR count). The number of carbonyl (C=O) groups excluding carboxylic acids is 1. The van der Waals surface area contributed by atoms with E-state index in [1.54, 1.807) is 4.90 Å². The maximum absolute atomic E-state index is 12.4. The summed E-state index contributed by atoms with van der Waals surface area (Å²) in [4.78, 5) is 24.8. The minimum atomic E-state index is -0.911. The van der Waals surface area contributed by atoms with Crippen LogP contribution in [0.15, 0.2) is 24.3 Å². The van der Waals surface area contributed by atoms with Gasteiger partial charge in [0, 0.05) is 18.7 Å². The van der Waals surface area contributed by atoms with Crippen molar-refractivity contribution < 1.29 is 14.7 Å². The summed E-state index contributed by atoms with van der Waals surface area (Å²) >= 11 is 0. The molecule has 0 heterocycles. The summed E-state index contributed by atoms with van der Waals surface area (Å²) in [6, 6.07) is 7.52. The highest BCUT2D eigenvalue weighted by Crippen LogP contribution is 2.19. The van der Waals surface area contributed by atoms with Crippen molar-refractivity contribution in [3.05, 3.63) is 29.8 Å². The molecule has 0 radical (unpaired) electrons. The van der Waals surface area contributed by atoms with Gasteiger partial charge in [-0.2, -0.15) is 0 Å². The van der Waals surface area contributed by atoms with E-state index in [-0.39, 0.29) is 24.8 Å². The van der Waals surface area contributed by atoms with Crippen LogP contribution in [0.3, 0.4) is 0 Å². The SMILES string of the molecule is CCC(CN)CC(=O)N(CCC(=O)O)c1ccc(C)cc1. The Kier molecular flexibility index (Phi) is 6.88. The average molecular weight is 292 g/mol. The smallest absolute Gasteiger partial charge is 0.305 e. The van der Waals surface area contributed by atoms with Crippen molar-refractivity contribution in [2.45, 2.75) is 33.1 Å². The third-order valence-electron chi connectivity index (χ3n) is 3.57. The molecular formula is C16H24N2O3. The van der Waals surface area contributed by atoms with Crippen LogP contribution < -0.4 is 10.6 Å². The van der Waals surface area contributed by atoms with Gasteiger partial charge in [-0.1, -0.05) is 31.0 Å². The van der Waals surface area contributed by atoms with Crippen LogP contribution in [0.2, 0.25) is 0 Å². The Labute approximate surface area is 125 Å². The number of nitrogens with zero attached hydrogens (tertiary/aromatic N) is 1. The van der Waals surface area contributed by atoms with E-state index in [0.717, 1.165) is 17.7 Å². The van der Waals surface area contributed by atoms with Crippen LogP contribution in [0.1, 0.15) is 31.7 Å². The van der Waals surface area contributed by atoms with Crippen LogP contribution >= 0.6 is 0 Å². The molecule has 0 aromatic heterocycles. The second kappa shape index (κ2) is 8.42. The quantitative estimate of drug-likeness (QED) is 0.769. The second-order valence-corrected chi connectivity index (χ2v) is 5.24. The van der Waals surface area contributed by atoms with Crippen LogP contribution in [0.25, 0.3) is 0 Å². The Hall–Kier alpha value is -1.88. The number of carboxylic acids is 1. The topological polar surface area (TPSA) is 83.6 Å². The number of aryl methyl sites for hydroxylation is 1. The molecule has 1 unspecified atom stereocenters. The minimum absolute atomic E-state index is 0.0704. The van der Waals surface area contributed by atoms with E-state index >= 15 is 0 Å². The van der Waals surface area contributed by atoms with Gasteiger partial charge in [-0.3, -0.25) is 9.59 Å². The molecule has 0 spiro atoms. The largest absolute Gasteiger partial charge is 0.481 e. The molecule has 0 saturated heterocycles. The lowest BCUT2D eigenvalue weighted by Gasteiger charge is -2.24. The maximum atomic E-state index is 12.4. The van der Waals surface area contributed by atoms with Crippen molar-refractivity contribution in [2.24, 2.45) is 11.7 Å². The van der Waals surface area contributed by atoms with Gasteiger partial charge in [0.25, 0.3) is 0 Å². The molecule has 1 atom stereocenters. The fourth-order valence-electron chi connectivity index (χ4n) is 2.08. The Morgan fingerprint density at radius 3 is 2.38 bits per heavy atom. The standard InChI is InChI=1S/C16H24N2O3/c1-3-13(11-17)10-15(19)18(9-8-16(20)21)14-6-4-12(2)5-7-14/h4-7,13H,3,8-11,17H2,1-2H3,(H,20,21). The van der Waals surface area contributed by atoms with E-state index in [0.29, 0.717) is 13.0 Å². The first kappa shape index (κ1) is 17.2. The van der Waals surface area contributed by atoms with Crippen LogP contribution in [0, 0.1) is 12.8 Å². The maximum Gasteiger partial charge on any atom is 0.305 e. The van der Waals surface area contributed by atoms with Gasteiger partial charge in [-0.25, -0.2) is 0 Å². The highest BCUT2D eigenvalue weighted by molar-refractivity contribution is 5.94. The molecule has 0 aliphatic heterocycles. The van der Waals surface area contributed by atoms with Crippen LogP contribution in [0.5, 0.6) is 0 Å². The lowest BCUT2D eigenvalue weighted by Crippen LogP contribution is -2.35. The molecule has 1 aromatic rings. The molecule has 0 bridgehead atoms. The first-order valence-electron chi connectivity index (χ1n) is 7.26. The van der Waals surface area contributed by atoms with Crippen LogP contribution in [-0.2, 0) is 9.59 Å². The van der Waals surface area contributed by atoms with Gasteiger partial charge in [0.15, 0.2) is 0 Å². The molecule has 3 N–H and O–H groups in total. The van der Waals surface area contributed by atoms with E-state index in [9.17, 15) is 9.59 Å². The summed E-state index contributed by atoms with van der Waals surface area (Å²) in [6.45, 7) is 4.61. The molecule has 1 amide bonds. The first-order valence-corrected chi connectivity index (χ1v) is 7.26. The summed E-state index contributed by atoms with van der Waals surface area (Å²) in [5, 5.41) is 8.85. The number of rotatable bonds is 8. The van der Waals surface area contributed by atoms with E-state index in [1.165, 1.54) is 0 Å². The van der Waals surface area contributed by atoms with Crippen molar-refractivity contribution in [3.8, 4) is 0 Å². The molecule has 0 saturated carbocycles. The predicted octanol–water partition coefficient (Wildman–Crippen LogP) is 2.18. The van der Waals surface area contributed by atoms with Gasteiger partial charge in [-0.15, -0.1) is 0 Å². The molecule has 1 aromatic carbocycles. The molecule has 5 heteroatoms. The number of aliphatic carboxylic acids is 1. The van der Waals surface area contributed by atoms with Crippen molar-refractivity contribution >= 4 is 17.6 Å². The number of hydrogen-bond donors (Lipinski definition) is 2. The normalized spacial score (nSPS) is 12.0. The molecule has 0 aliphatic carbocycles. The van der Waals surface area contributed by atoms with E-state index in [1.807, 2.05) is 38.1 Å². The van der Waals surface area contributed by atoms with Crippen molar-refractivity contribution in [1.82, 2.24) is 0 Å². The number of carboxylic acid groups (broad SMARTS) is 1. The monoisotopic (exact) mass is 292 g/mol. The number of hydrogen-bond acceptors (Lipinski definition) is 3. The van der Waals surface area contributed by atoms with Gasteiger partial charge in [0.1, 0.15) is 0 Å². The van der Waals surface area contributed by atoms with Gasteiger partial charge in [0.05, 0.1) is 6.42 Å². The number of nitrogens with two attached hydrogens (primary N) is 1. The Morgan fingerprint density at radius 2 is 1.90 bits per heavy atom. The predicted molar refractivity (Wildman–Crippen MR) is 83.2 cm³/mol. The van der Waals surface area contributed by atoms with Crippen molar-refractivity contribution in [1.29, 1.82) is 0 Å². The van der Waals surface area contributed by atoms with E-state index in [4.69, 9.17) is 10.8 Å². The summed E-state index contributed by atoms with van der Waals surface area (Å²) in [6.07, 6.45) is 1.11. The number of amides is 1. The molecule has 116 valence electrons. The second-order valence-electron chi connectivity index (χ2n) is 5.24. The van der Waals surface area contributed by atoms with Gasteiger partial charge in [-0.05, 0) is 31.5 Å². The van der Waals surface area contributed by atoms with Crippen molar-refractivity contribution in [2.75, 3.05) is 18.0 Å². The minimum Gasteiger partial charge on any atom is -0.481 e. The summed E-state index contributed by atoms with van der Waals surface area (Å²) in [5.74, 6) is -0.849. The third-order valence-corrected chi connectivity index (χ3v) is 3.57. The van der Waals surface area contributed by atoms with Crippen LogP contribution in [-0.4, -0.2) is 30.1 Å². The Morgan fingerprint density at radius 1 is 1.29 bits per heavy atom. The zero-order chi connectivity index (χ0) is 15.8. The lowest BCUT2D eigenvalue weighted by atomic mass is 10.0. The van der Waals surface area contributed by atoms with Gasteiger partial charge in [0.2, 0.25) is 5.91 Å². The molecular weight excluding hydrogens is 268 g/mol. The highest BCUT2D eigenvalue weighted by Gasteiger charge is 2.19. The Balaban J connectivity index is 2.87. The molecule has 0 aliphatic rings. The summed E-state index contributed by atoms with van der Waals surface area (Å²) in [5.41, 5.74) is 7.48. The fourth-order valence-corrected chi connectivity index (χ4v) is 2.08. The number of anilines is 1. The van der Waals surface area contributed by atoms with Crippen LogP contribution in [0.4, 0.5) is 5.69 Å². The number of carbonyl (C=O) groups is 2. The molecule has 21 heavy (non-hydrogen) atoms. The molecule has 0 fully saturated rings. The van der Waals surface area contributed by atoms with Crippen molar-refractivity contribution in [3.63, 3.8) is 0 Å². The average Bonchev–Trinajstić information content (AvgIpc) is 2.46. The summed E-state index contributed by atoms with van der Waals surface area (Å²) < 4.78 is 0. The number of benzene rings is 1. The Bertz CT molecular complexity index is 467. The fraction of sp³-hybridized carbons (Fsp3) is 0.500. The summed E-state index contributed by atoms with van der Waals surface area (Å²) in [7, 11) is 0. The lowest BCUT2D eigenvalue weighted by molar-refractivity contribution is -0.136. The third kappa shape index (κ3) is 5.55.